The van der Waals surface area contributed by atoms with Gasteiger partial charge in [0.25, 0.3) is 0 Å². The van der Waals surface area contributed by atoms with Crippen molar-refractivity contribution in [3.8, 4) is 0 Å². The molecule has 1 aliphatic rings. The van der Waals surface area contributed by atoms with Crippen LogP contribution in [-0.2, 0) is 0 Å². The van der Waals surface area contributed by atoms with Gasteiger partial charge in [-0.05, 0) is 45.8 Å². The van der Waals surface area contributed by atoms with Gasteiger partial charge in [-0.15, -0.1) is 11.3 Å². The number of carbonyl (C=O) groups is 1. The summed E-state index contributed by atoms with van der Waals surface area (Å²) in [6, 6.07) is 3.88. The van der Waals surface area contributed by atoms with Gasteiger partial charge in [0, 0.05) is 5.92 Å². The number of halogens is 1. The Kier molecular flexibility index (Phi) is 2.80. The highest BCUT2D eigenvalue weighted by atomic mass is 79.9. The third-order valence-electron chi connectivity index (χ3n) is 3.06. The number of hydrogen-bond acceptors (Lipinski definition) is 2. The molecule has 1 aliphatic carbocycles. The molecule has 2 unspecified atom stereocenters. The van der Waals surface area contributed by atoms with Crippen LogP contribution in [0.3, 0.4) is 0 Å². The number of ketones is 1. The number of thiophene rings is 1. The highest BCUT2D eigenvalue weighted by Crippen LogP contribution is 2.52. The predicted molar refractivity (Wildman–Crippen MR) is 67.4 cm³/mol. The highest BCUT2D eigenvalue weighted by molar-refractivity contribution is 9.11. The van der Waals surface area contributed by atoms with Crippen LogP contribution in [0.4, 0.5) is 0 Å². The minimum atomic E-state index is 0.273. The minimum absolute atomic E-state index is 0.273. The third kappa shape index (κ3) is 2.34. The molecule has 15 heavy (non-hydrogen) atoms. The van der Waals surface area contributed by atoms with Gasteiger partial charge >= 0.3 is 0 Å². The van der Waals surface area contributed by atoms with Gasteiger partial charge in [-0.25, -0.2) is 0 Å². The van der Waals surface area contributed by atoms with E-state index in [1.54, 1.807) is 11.3 Å². The first-order valence-corrected chi connectivity index (χ1v) is 6.80. The molecule has 0 radical (unpaired) electrons. The summed E-state index contributed by atoms with van der Waals surface area (Å²) in [5.74, 6) is 1.19. The predicted octanol–water partition coefficient (Wildman–Crippen LogP) is 4.38. The lowest BCUT2D eigenvalue weighted by molar-refractivity contribution is 0.0953. The molecule has 0 saturated heterocycles. The second kappa shape index (κ2) is 3.70. The number of rotatable bonds is 2. The molecule has 82 valence electrons. The molecule has 0 aromatic carbocycles. The second-order valence-electron chi connectivity index (χ2n) is 5.28. The first-order chi connectivity index (χ1) is 6.89. The van der Waals surface area contributed by atoms with Crippen LogP contribution in [0.25, 0.3) is 0 Å². The van der Waals surface area contributed by atoms with Crippen LogP contribution in [0, 0.1) is 17.3 Å². The van der Waals surface area contributed by atoms with E-state index < -0.39 is 0 Å². The SMILES string of the molecule is CC(C)(C)C1CC1C(=O)c1ccc(Br)s1. The topological polar surface area (TPSA) is 17.1 Å². The largest absolute Gasteiger partial charge is 0.293 e. The summed E-state index contributed by atoms with van der Waals surface area (Å²) >= 11 is 4.93. The molecular weight excluding hydrogens is 272 g/mol. The molecule has 2 atom stereocenters. The molecule has 0 amide bonds. The van der Waals surface area contributed by atoms with Crippen molar-refractivity contribution < 1.29 is 4.79 Å². The van der Waals surface area contributed by atoms with Crippen LogP contribution in [0.5, 0.6) is 0 Å². The molecule has 1 heterocycles. The molecule has 0 N–H and O–H groups in total. The molecule has 0 aliphatic heterocycles. The molecule has 2 rings (SSSR count). The molecule has 0 spiro atoms. The van der Waals surface area contributed by atoms with Crippen molar-refractivity contribution in [3.63, 3.8) is 0 Å². The molecule has 1 aromatic heterocycles. The maximum absolute atomic E-state index is 12.1. The summed E-state index contributed by atoms with van der Waals surface area (Å²) in [6.45, 7) is 6.65. The van der Waals surface area contributed by atoms with Gasteiger partial charge in [0.05, 0.1) is 8.66 Å². The Morgan fingerprint density at radius 2 is 2.13 bits per heavy atom. The average Bonchev–Trinajstić information content (AvgIpc) is 2.82. The van der Waals surface area contributed by atoms with E-state index in [-0.39, 0.29) is 11.3 Å². The molecule has 1 nitrogen and oxygen atoms in total. The fourth-order valence-electron chi connectivity index (χ4n) is 2.07. The molecular formula is C12H15BrOS. The zero-order valence-electron chi connectivity index (χ0n) is 9.21. The van der Waals surface area contributed by atoms with Crippen molar-refractivity contribution in [2.24, 2.45) is 17.3 Å². The summed E-state index contributed by atoms with van der Waals surface area (Å²) in [5.41, 5.74) is 0.273. The van der Waals surface area contributed by atoms with Gasteiger partial charge in [-0.2, -0.15) is 0 Å². The first-order valence-electron chi connectivity index (χ1n) is 5.19. The summed E-state index contributed by atoms with van der Waals surface area (Å²) in [5, 5.41) is 0. The molecule has 1 saturated carbocycles. The van der Waals surface area contributed by atoms with Crippen LogP contribution < -0.4 is 0 Å². The van der Waals surface area contributed by atoms with E-state index >= 15 is 0 Å². The lowest BCUT2D eigenvalue weighted by Crippen LogP contribution is -2.12. The van der Waals surface area contributed by atoms with Crippen LogP contribution in [0.15, 0.2) is 15.9 Å². The van der Waals surface area contributed by atoms with Crippen molar-refractivity contribution in [2.45, 2.75) is 27.2 Å². The monoisotopic (exact) mass is 286 g/mol. The van der Waals surface area contributed by atoms with Crippen LogP contribution in [0.1, 0.15) is 36.9 Å². The lowest BCUT2D eigenvalue weighted by atomic mass is 9.88. The Morgan fingerprint density at radius 1 is 1.47 bits per heavy atom. The summed E-state index contributed by atoms with van der Waals surface area (Å²) < 4.78 is 1.04. The van der Waals surface area contributed by atoms with Crippen molar-refractivity contribution in [1.29, 1.82) is 0 Å². The molecule has 1 aromatic rings. The highest BCUT2D eigenvalue weighted by Gasteiger charge is 2.49. The smallest absolute Gasteiger partial charge is 0.176 e. The molecule has 0 bridgehead atoms. The Labute approximate surface area is 103 Å². The molecule has 3 heteroatoms. The minimum Gasteiger partial charge on any atom is -0.293 e. The van der Waals surface area contributed by atoms with Gasteiger partial charge in [-0.3, -0.25) is 4.79 Å². The fraction of sp³-hybridized carbons (Fsp3) is 0.583. The van der Waals surface area contributed by atoms with E-state index in [4.69, 9.17) is 0 Å². The van der Waals surface area contributed by atoms with E-state index in [9.17, 15) is 4.79 Å². The van der Waals surface area contributed by atoms with Crippen LogP contribution in [-0.4, -0.2) is 5.78 Å². The number of hydrogen-bond donors (Lipinski definition) is 0. The average molecular weight is 287 g/mol. The second-order valence-corrected chi connectivity index (χ2v) is 7.75. The van der Waals surface area contributed by atoms with Gasteiger partial charge < -0.3 is 0 Å². The van der Waals surface area contributed by atoms with Crippen molar-refractivity contribution in [2.75, 3.05) is 0 Å². The standard InChI is InChI=1S/C12H15BrOS/c1-12(2,3)8-6-7(8)11(14)9-4-5-10(13)15-9/h4-5,7-8H,6H2,1-3H3. The van der Waals surface area contributed by atoms with Crippen molar-refractivity contribution in [1.82, 2.24) is 0 Å². The van der Waals surface area contributed by atoms with Crippen LogP contribution >= 0.6 is 27.3 Å². The quantitative estimate of drug-likeness (QED) is 0.738. The Morgan fingerprint density at radius 3 is 2.53 bits per heavy atom. The van der Waals surface area contributed by atoms with Crippen LogP contribution in [0.2, 0.25) is 0 Å². The Hall–Kier alpha value is -0.150. The fourth-order valence-corrected chi connectivity index (χ4v) is 3.46. The third-order valence-corrected chi connectivity index (χ3v) is 4.69. The molecule has 1 fully saturated rings. The Balaban J connectivity index is 2.07. The van der Waals surface area contributed by atoms with Crippen molar-refractivity contribution >= 4 is 33.0 Å². The van der Waals surface area contributed by atoms with Crippen molar-refractivity contribution in [3.05, 3.63) is 20.8 Å². The normalized spacial score (nSPS) is 25.3. The zero-order valence-corrected chi connectivity index (χ0v) is 11.6. The van der Waals surface area contributed by atoms with Gasteiger partial charge in [0.2, 0.25) is 0 Å². The zero-order chi connectivity index (χ0) is 11.2. The van der Waals surface area contributed by atoms with Gasteiger partial charge in [-0.1, -0.05) is 20.8 Å². The first kappa shape index (κ1) is 11.3. The van der Waals surface area contributed by atoms with E-state index in [1.165, 1.54) is 0 Å². The summed E-state index contributed by atoms with van der Waals surface area (Å²) in [4.78, 5) is 13.0. The number of carbonyl (C=O) groups excluding carboxylic acids is 1. The summed E-state index contributed by atoms with van der Waals surface area (Å²) in [6.07, 6.45) is 1.07. The summed E-state index contributed by atoms with van der Waals surface area (Å²) in [7, 11) is 0. The maximum Gasteiger partial charge on any atom is 0.176 e. The maximum atomic E-state index is 12.1. The number of Topliss-reactive ketones (excluding diaryl/α,β-unsaturated/α-hetero) is 1. The van der Waals surface area contributed by atoms with E-state index in [2.05, 4.69) is 36.7 Å². The van der Waals surface area contributed by atoms with Gasteiger partial charge in [0.15, 0.2) is 5.78 Å². The van der Waals surface area contributed by atoms with E-state index in [1.807, 2.05) is 12.1 Å². The lowest BCUT2D eigenvalue weighted by Gasteiger charge is -2.17. The van der Waals surface area contributed by atoms with Gasteiger partial charge in [0.1, 0.15) is 0 Å². The van der Waals surface area contributed by atoms with E-state index in [0.29, 0.717) is 11.7 Å². The Bertz CT molecular complexity index is 389. The van der Waals surface area contributed by atoms with E-state index in [0.717, 1.165) is 15.1 Å².